The Morgan fingerprint density at radius 1 is 1.11 bits per heavy atom. The molecule has 36 heavy (non-hydrogen) atoms. The van der Waals surface area contributed by atoms with Crippen LogP contribution in [-0.2, 0) is 9.59 Å². The van der Waals surface area contributed by atoms with Crippen LogP contribution in [0.15, 0.2) is 94.7 Å². The Labute approximate surface area is 208 Å². The van der Waals surface area contributed by atoms with E-state index in [9.17, 15) is 9.59 Å². The Bertz CT molecular complexity index is 1490. The first-order valence-electron chi connectivity index (χ1n) is 11.7. The Kier molecular flexibility index (Phi) is 6.36. The van der Waals surface area contributed by atoms with Crippen LogP contribution in [0.4, 0.5) is 5.69 Å². The summed E-state index contributed by atoms with van der Waals surface area (Å²) in [6.07, 6.45) is 3.25. The molecular weight excluding hydrogens is 454 g/mol. The Morgan fingerprint density at radius 2 is 1.83 bits per heavy atom. The van der Waals surface area contributed by atoms with Crippen LogP contribution in [0.1, 0.15) is 25.8 Å². The first-order chi connectivity index (χ1) is 17.5. The zero-order chi connectivity index (χ0) is 25.1. The summed E-state index contributed by atoms with van der Waals surface area (Å²) in [5, 5.41) is 9.26. The van der Waals surface area contributed by atoms with Gasteiger partial charge in [0.1, 0.15) is 17.2 Å². The van der Waals surface area contributed by atoms with E-state index >= 15 is 0 Å². The van der Waals surface area contributed by atoms with Crippen molar-refractivity contribution in [3.63, 3.8) is 0 Å². The molecule has 7 heteroatoms. The number of hydrogen-bond acceptors (Lipinski definition) is 5. The van der Waals surface area contributed by atoms with Crippen LogP contribution in [0, 0.1) is 0 Å². The molecule has 7 nitrogen and oxygen atoms in total. The average molecular weight is 480 g/mol. The summed E-state index contributed by atoms with van der Waals surface area (Å²) in [7, 11) is 0. The molecule has 0 fully saturated rings. The van der Waals surface area contributed by atoms with Crippen LogP contribution in [-0.4, -0.2) is 24.3 Å². The predicted octanol–water partition coefficient (Wildman–Crippen LogP) is 5.77. The first kappa shape index (κ1) is 23.1. The highest BCUT2D eigenvalue weighted by atomic mass is 16.5. The molecule has 0 saturated heterocycles. The fourth-order valence-electron chi connectivity index (χ4n) is 4.20. The lowest BCUT2D eigenvalue weighted by Gasteiger charge is -2.12. The highest BCUT2D eigenvalue weighted by Crippen LogP contribution is 2.37. The quantitative estimate of drug-likeness (QED) is 0.356. The SMILES string of the molecule is CCOc1cc2occ(-c3ccccc3)c2cc1/C(C)=C/C(=O)NC1=NN(c2ccccc2)C(=O)C1. The third-order valence-electron chi connectivity index (χ3n) is 5.88. The van der Waals surface area contributed by atoms with Crippen molar-refractivity contribution in [2.75, 3.05) is 11.6 Å². The number of hydrogen-bond donors (Lipinski definition) is 1. The molecule has 2 heterocycles. The summed E-state index contributed by atoms with van der Waals surface area (Å²) in [5.74, 6) is 0.366. The second-order valence-corrected chi connectivity index (χ2v) is 8.37. The van der Waals surface area contributed by atoms with Crippen LogP contribution < -0.4 is 15.1 Å². The van der Waals surface area contributed by atoms with Gasteiger partial charge in [0, 0.05) is 28.7 Å². The van der Waals surface area contributed by atoms with Crippen molar-refractivity contribution < 1.29 is 18.7 Å². The van der Waals surface area contributed by atoms with Crippen LogP contribution in [0.25, 0.3) is 27.7 Å². The van der Waals surface area contributed by atoms with Crippen molar-refractivity contribution in [2.45, 2.75) is 20.3 Å². The van der Waals surface area contributed by atoms with Gasteiger partial charge < -0.3 is 14.5 Å². The predicted molar refractivity (Wildman–Crippen MR) is 141 cm³/mol. The molecule has 1 aliphatic rings. The number of anilines is 1. The molecule has 5 rings (SSSR count). The number of amidine groups is 1. The van der Waals surface area contributed by atoms with Gasteiger partial charge >= 0.3 is 0 Å². The molecule has 0 saturated carbocycles. The van der Waals surface area contributed by atoms with E-state index in [1.807, 2.05) is 74.5 Å². The monoisotopic (exact) mass is 479 g/mol. The highest BCUT2D eigenvalue weighted by molar-refractivity contribution is 6.17. The molecule has 0 radical (unpaired) electrons. The van der Waals surface area contributed by atoms with E-state index in [4.69, 9.17) is 9.15 Å². The van der Waals surface area contributed by atoms with Gasteiger partial charge in [-0.15, -0.1) is 0 Å². The number of para-hydroxylation sites is 1. The van der Waals surface area contributed by atoms with E-state index in [0.717, 1.165) is 22.1 Å². The van der Waals surface area contributed by atoms with Crippen molar-refractivity contribution in [1.82, 2.24) is 5.32 Å². The maximum absolute atomic E-state index is 12.8. The minimum Gasteiger partial charge on any atom is -0.493 e. The lowest BCUT2D eigenvalue weighted by Crippen LogP contribution is -2.28. The molecule has 4 aromatic rings. The van der Waals surface area contributed by atoms with Crippen molar-refractivity contribution in [3.8, 4) is 16.9 Å². The second-order valence-electron chi connectivity index (χ2n) is 8.37. The Hall–Kier alpha value is -4.65. The fraction of sp³-hybridized carbons (Fsp3) is 0.138. The minimum atomic E-state index is -0.369. The summed E-state index contributed by atoms with van der Waals surface area (Å²) in [6.45, 7) is 4.23. The average Bonchev–Trinajstić information content (AvgIpc) is 3.47. The highest BCUT2D eigenvalue weighted by Gasteiger charge is 2.26. The lowest BCUT2D eigenvalue weighted by molar-refractivity contribution is -0.116. The molecule has 0 spiro atoms. The normalized spacial score (nSPS) is 13.7. The van der Waals surface area contributed by atoms with Crippen molar-refractivity contribution in [3.05, 3.63) is 90.7 Å². The van der Waals surface area contributed by atoms with Crippen molar-refractivity contribution >= 4 is 39.9 Å². The van der Waals surface area contributed by atoms with Gasteiger partial charge in [0.15, 0.2) is 0 Å². The molecular formula is C29H25N3O4. The van der Waals surface area contributed by atoms with Gasteiger partial charge in [0.05, 0.1) is 25.0 Å². The Balaban J connectivity index is 1.43. The number of ether oxygens (including phenoxy) is 1. The Morgan fingerprint density at radius 3 is 2.56 bits per heavy atom. The van der Waals surface area contributed by atoms with E-state index < -0.39 is 0 Å². The fourth-order valence-corrected chi connectivity index (χ4v) is 4.20. The van der Waals surface area contributed by atoms with Crippen molar-refractivity contribution in [1.29, 1.82) is 0 Å². The number of rotatable bonds is 6. The van der Waals surface area contributed by atoms with Gasteiger partial charge in [-0.05, 0) is 43.2 Å². The third-order valence-corrected chi connectivity index (χ3v) is 5.88. The summed E-state index contributed by atoms with van der Waals surface area (Å²) >= 11 is 0. The topological polar surface area (TPSA) is 84.1 Å². The number of hydrazone groups is 1. The summed E-state index contributed by atoms with van der Waals surface area (Å²) < 4.78 is 11.7. The van der Waals surface area contributed by atoms with E-state index in [2.05, 4.69) is 10.4 Å². The van der Waals surface area contributed by atoms with Gasteiger partial charge in [0.2, 0.25) is 5.91 Å². The van der Waals surface area contributed by atoms with Gasteiger partial charge in [-0.25, -0.2) is 0 Å². The largest absolute Gasteiger partial charge is 0.493 e. The van der Waals surface area contributed by atoms with Gasteiger partial charge in [0.25, 0.3) is 5.91 Å². The summed E-state index contributed by atoms with van der Waals surface area (Å²) in [4.78, 5) is 25.2. The molecule has 0 atom stereocenters. The van der Waals surface area contributed by atoms with Crippen LogP contribution in [0.5, 0.6) is 5.75 Å². The molecule has 0 unspecified atom stereocenters. The first-order valence-corrected chi connectivity index (χ1v) is 11.7. The number of fused-ring (bicyclic) bond motifs is 1. The molecule has 0 aliphatic carbocycles. The zero-order valence-corrected chi connectivity index (χ0v) is 20.0. The second kappa shape index (κ2) is 9.92. The maximum atomic E-state index is 12.8. The summed E-state index contributed by atoms with van der Waals surface area (Å²) in [6, 6.07) is 22.9. The maximum Gasteiger partial charge on any atom is 0.255 e. The number of furan rings is 1. The molecule has 3 aromatic carbocycles. The summed E-state index contributed by atoms with van der Waals surface area (Å²) in [5.41, 5.74) is 4.86. The number of allylic oxidation sites excluding steroid dienone is 1. The standard InChI is InChI=1S/C29H25N3O4/c1-3-35-25-16-26-23(24(18-36-26)20-10-6-4-7-11-20)15-22(25)19(2)14-28(33)30-27-17-29(34)32(31-27)21-12-8-5-9-13-21/h4-16,18H,3,17H2,1-2H3,(H,30,31,33)/b19-14+. The molecule has 180 valence electrons. The number of carbonyl (C=O) groups excluding carboxylic acids is 2. The zero-order valence-electron chi connectivity index (χ0n) is 20.0. The van der Waals surface area contributed by atoms with E-state index in [1.54, 1.807) is 18.4 Å². The molecule has 2 amide bonds. The number of nitrogens with one attached hydrogen (secondary N) is 1. The lowest BCUT2D eigenvalue weighted by atomic mass is 9.99. The van der Waals surface area contributed by atoms with Crippen molar-refractivity contribution in [2.24, 2.45) is 5.10 Å². The van der Waals surface area contributed by atoms with Gasteiger partial charge in [-0.3, -0.25) is 9.59 Å². The van der Waals surface area contributed by atoms with Crippen LogP contribution >= 0.6 is 0 Å². The molecule has 0 bridgehead atoms. The van der Waals surface area contributed by atoms with E-state index in [0.29, 0.717) is 35.0 Å². The smallest absolute Gasteiger partial charge is 0.255 e. The third kappa shape index (κ3) is 4.63. The van der Waals surface area contributed by atoms with Gasteiger partial charge in [-0.2, -0.15) is 10.1 Å². The van der Waals surface area contributed by atoms with Gasteiger partial charge in [-0.1, -0.05) is 48.5 Å². The van der Waals surface area contributed by atoms with E-state index in [1.165, 1.54) is 11.1 Å². The number of amides is 2. The number of nitrogens with zero attached hydrogens (tertiary/aromatic N) is 2. The number of benzene rings is 3. The van der Waals surface area contributed by atoms with E-state index in [-0.39, 0.29) is 18.2 Å². The minimum absolute atomic E-state index is 0.0269. The molecule has 1 N–H and O–H groups in total. The molecule has 1 aliphatic heterocycles. The molecule has 1 aromatic heterocycles. The van der Waals surface area contributed by atoms with Crippen LogP contribution in [0.2, 0.25) is 0 Å². The van der Waals surface area contributed by atoms with Crippen LogP contribution in [0.3, 0.4) is 0 Å². The number of carbonyl (C=O) groups is 2.